The lowest BCUT2D eigenvalue weighted by Gasteiger charge is -2.31. The highest BCUT2D eigenvalue weighted by Crippen LogP contribution is 2.33. The molecule has 1 aromatic heterocycles. The molecule has 7 nitrogen and oxygen atoms in total. The van der Waals surface area contributed by atoms with E-state index in [1.165, 1.54) is 0 Å². The molecular weight excluding hydrogens is 488 g/mol. The van der Waals surface area contributed by atoms with Gasteiger partial charge in [0.05, 0.1) is 18.8 Å². The third kappa shape index (κ3) is 9.91. The number of imide groups is 1. The number of nitrogens with zero attached hydrogens (tertiary/aromatic N) is 1. The van der Waals surface area contributed by atoms with Crippen molar-refractivity contribution in [3.63, 3.8) is 0 Å². The summed E-state index contributed by atoms with van der Waals surface area (Å²) in [7, 11) is 0. The molecule has 2 amide bonds. The summed E-state index contributed by atoms with van der Waals surface area (Å²) in [5.41, 5.74) is 2.91. The van der Waals surface area contributed by atoms with Gasteiger partial charge >= 0.3 is 0 Å². The molecule has 0 bridgehead atoms. The zero-order valence-electron chi connectivity index (χ0n) is 23.8. The Morgan fingerprint density at radius 3 is 2.46 bits per heavy atom. The molecule has 1 aliphatic heterocycles. The number of aliphatic hydroxyl groups excluding tert-OH is 1. The van der Waals surface area contributed by atoms with E-state index in [1.807, 2.05) is 79.7 Å². The highest BCUT2D eigenvalue weighted by Gasteiger charge is 2.38. The fourth-order valence-corrected chi connectivity index (χ4v) is 5.18. The molecule has 4 unspecified atom stereocenters. The molecule has 2 heterocycles. The summed E-state index contributed by atoms with van der Waals surface area (Å²) in [6, 6.07) is 8.05. The molecule has 1 saturated carbocycles. The van der Waals surface area contributed by atoms with E-state index in [9.17, 15) is 14.7 Å². The summed E-state index contributed by atoms with van der Waals surface area (Å²) in [4.78, 5) is 27.8. The summed E-state index contributed by atoms with van der Waals surface area (Å²) < 4.78 is 12.0. The largest absolute Gasteiger partial charge is 0.441 e. The number of benzene rings is 1. The fraction of sp³-hybridized carbons (Fsp3) is 0.621. The number of aryl methyl sites for hydroxylation is 2. The van der Waals surface area contributed by atoms with Gasteiger partial charge in [-0.2, -0.15) is 0 Å². The number of hydrogen-bond donors (Lipinski definition) is 2. The van der Waals surface area contributed by atoms with E-state index in [0.29, 0.717) is 18.9 Å². The van der Waals surface area contributed by atoms with E-state index >= 15 is 0 Å². The number of amides is 2. The molecular formula is C29H46N2O5S. The van der Waals surface area contributed by atoms with Crippen LogP contribution in [0.25, 0.3) is 11.5 Å². The molecule has 4 rings (SSSR count). The van der Waals surface area contributed by atoms with Crippen molar-refractivity contribution >= 4 is 22.9 Å². The zero-order valence-corrected chi connectivity index (χ0v) is 24.6. The second kappa shape index (κ2) is 17.4. The molecule has 37 heavy (non-hydrogen) atoms. The van der Waals surface area contributed by atoms with Crippen LogP contribution < -0.4 is 5.32 Å². The fourth-order valence-electron chi connectivity index (χ4n) is 4.36. The molecule has 1 saturated heterocycles. The number of oxazole rings is 1. The van der Waals surface area contributed by atoms with Crippen LogP contribution in [-0.4, -0.2) is 38.7 Å². The number of aromatic nitrogens is 1. The van der Waals surface area contributed by atoms with Crippen molar-refractivity contribution in [1.29, 1.82) is 0 Å². The van der Waals surface area contributed by atoms with Crippen molar-refractivity contribution in [2.75, 3.05) is 0 Å². The Labute approximate surface area is 227 Å². The molecule has 208 valence electrons. The maximum Gasteiger partial charge on any atom is 0.286 e. The van der Waals surface area contributed by atoms with Crippen LogP contribution in [0.2, 0.25) is 0 Å². The highest BCUT2D eigenvalue weighted by molar-refractivity contribution is 8.15. The Kier molecular flexibility index (Phi) is 15.4. The highest BCUT2D eigenvalue weighted by atomic mass is 32.2. The third-order valence-electron chi connectivity index (χ3n) is 5.99. The first kappa shape index (κ1) is 32.9. The summed E-state index contributed by atoms with van der Waals surface area (Å²) >= 11 is 0.882. The van der Waals surface area contributed by atoms with Gasteiger partial charge in [-0.15, -0.1) is 0 Å². The van der Waals surface area contributed by atoms with Crippen molar-refractivity contribution in [1.82, 2.24) is 10.3 Å². The Hall–Kier alpha value is -2.16. The van der Waals surface area contributed by atoms with Gasteiger partial charge in [0.15, 0.2) is 0 Å². The summed E-state index contributed by atoms with van der Waals surface area (Å²) in [5, 5.41) is 11.6. The molecule has 8 heteroatoms. The van der Waals surface area contributed by atoms with Crippen LogP contribution in [0, 0.1) is 19.8 Å². The SMILES string of the molecule is CC.CC.CC.Cc1cccc(-c2nc(COC3CCCC(CC(O)C4SC(=O)NC4=O)C3)c(C)o2)c1. The number of hydrogen-bond acceptors (Lipinski definition) is 7. The van der Waals surface area contributed by atoms with E-state index < -0.39 is 17.3 Å². The van der Waals surface area contributed by atoms with Crippen molar-refractivity contribution in [3.8, 4) is 11.5 Å². The number of ether oxygens (including phenoxy) is 1. The van der Waals surface area contributed by atoms with Crippen molar-refractivity contribution in [2.45, 2.75) is 112 Å². The number of nitrogens with one attached hydrogen (secondary N) is 1. The van der Waals surface area contributed by atoms with E-state index in [2.05, 4.69) is 10.3 Å². The molecule has 2 N–H and O–H groups in total. The maximum atomic E-state index is 11.8. The number of carbonyl (C=O) groups excluding carboxylic acids is 2. The lowest BCUT2D eigenvalue weighted by Crippen LogP contribution is -2.35. The molecule has 1 aromatic carbocycles. The van der Waals surface area contributed by atoms with Gasteiger partial charge in [-0.25, -0.2) is 4.98 Å². The topological polar surface area (TPSA) is 102 Å². The molecule has 1 aliphatic carbocycles. The van der Waals surface area contributed by atoms with Gasteiger partial charge in [0.2, 0.25) is 11.8 Å². The predicted octanol–water partition coefficient (Wildman–Crippen LogP) is 7.22. The first-order valence-corrected chi connectivity index (χ1v) is 14.6. The normalized spacial score (nSPS) is 21.4. The number of thioether (sulfide) groups is 1. The van der Waals surface area contributed by atoms with Crippen LogP contribution in [0.3, 0.4) is 0 Å². The minimum Gasteiger partial charge on any atom is -0.441 e. The van der Waals surface area contributed by atoms with Crippen molar-refractivity contribution in [2.24, 2.45) is 5.92 Å². The Balaban J connectivity index is 0.00000106. The average molecular weight is 535 g/mol. The van der Waals surface area contributed by atoms with Crippen LogP contribution in [0.4, 0.5) is 4.79 Å². The summed E-state index contributed by atoms with van der Waals surface area (Å²) in [6.07, 6.45) is 3.54. The van der Waals surface area contributed by atoms with Gasteiger partial charge < -0.3 is 14.3 Å². The Bertz CT molecular complexity index is 962. The molecule has 0 spiro atoms. The summed E-state index contributed by atoms with van der Waals surface area (Å²) in [5.74, 6) is 1.23. The van der Waals surface area contributed by atoms with Gasteiger partial charge in [0, 0.05) is 5.56 Å². The quantitative estimate of drug-likeness (QED) is 0.387. The number of aliphatic hydroxyl groups is 1. The molecule has 2 aromatic rings. The third-order valence-corrected chi connectivity index (χ3v) is 7.09. The first-order chi connectivity index (χ1) is 17.9. The van der Waals surface area contributed by atoms with E-state index in [0.717, 1.165) is 60.0 Å². The number of carbonyl (C=O) groups is 2. The van der Waals surface area contributed by atoms with Gasteiger partial charge in [0.1, 0.15) is 16.7 Å². The van der Waals surface area contributed by atoms with Crippen LogP contribution in [0.1, 0.15) is 90.7 Å². The second-order valence-corrected chi connectivity index (χ2v) is 9.59. The standard InChI is InChI=1S/C23H28N2O5S.3C2H6/c1-13-5-3-7-16(9-13)22-24-18(14(2)30-22)12-29-17-8-4-6-15(10-17)11-19(26)20-21(27)25-23(28)31-20;3*1-2/h3,5,7,9,15,17,19-20,26H,4,6,8,10-12H2,1-2H3,(H,25,27,28);3*1-2H3. The molecule has 2 aliphatic rings. The Morgan fingerprint density at radius 2 is 1.84 bits per heavy atom. The first-order valence-electron chi connectivity index (χ1n) is 13.7. The smallest absolute Gasteiger partial charge is 0.286 e. The van der Waals surface area contributed by atoms with Gasteiger partial charge in [0.25, 0.3) is 5.24 Å². The van der Waals surface area contributed by atoms with E-state index in [4.69, 9.17) is 9.15 Å². The average Bonchev–Trinajstić information content (AvgIpc) is 3.47. The lowest BCUT2D eigenvalue weighted by atomic mass is 9.83. The van der Waals surface area contributed by atoms with Gasteiger partial charge in [-0.3, -0.25) is 14.9 Å². The van der Waals surface area contributed by atoms with Crippen molar-refractivity contribution < 1.29 is 23.8 Å². The van der Waals surface area contributed by atoms with Crippen LogP contribution in [0.15, 0.2) is 28.7 Å². The zero-order chi connectivity index (χ0) is 28.0. The van der Waals surface area contributed by atoms with Gasteiger partial charge in [-0.05, 0) is 62.9 Å². The minimum atomic E-state index is -0.824. The van der Waals surface area contributed by atoms with E-state index in [-0.39, 0.29) is 17.3 Å². The lowest BCUT2D eigenvalue weighted by molar-refractivity contribution is -0.120. The Morgan fingerprint density at radius 1 is 1.14 bits per heavy atom. The maximum absolute atomic E-state index is 11.8. The summed E-state index contributed by atoms with van der Waals surface area (Å²) in [6.45, 7) is 16.3. The molecule has 4 atom stereocenters. The molecule has 0 radical (unpaired) electrons. The monoisotopic (exact) mass is 534 g/mol. The molecule has 2 fully saturated rings. The number of rotatable bonds is 7. The van der Waals surface area contributed by atoms with Crippen molar-refractivity contribution in [3.05, 3.63) is 41.3 Å². The predicted molar refractivity (Wildman–Crippen MR) is 152 cm³/mol. The van der Waals surface area contributed by atoms with Gasteiger partial charge in [-0.1, -0.05) is 72.1 Å². The van der Waals surface area contributed by atoms with E-state index in [1.54, 1.807) is 0 Å². The van der Waals surface area contributed by atoms with Crippen LogP contribution in [0.5, 0.6) is 0 Å². The second-order valence-electron chi connectivity index (χ2n) is 8.48. The minimum absolute atomic E-state index is 0.0798. The van der Waals surface area contributed by atoms with Crippen LogP contribution in [-0.2, 0) is 16.1 Å². The van der Waals surface area contributed by atoms with Crippen LogP contribution >= 0.6 is 11.8 Å².